The van der Waals surface area contributed by atoms with Gasteiger partial charge in [-0.2, -0.15) is 0 Å². The maximum atomic E-state index is 5.65. The number of nitrogens with one attached hydrogen (secondary N) is 1. The topological polar surface area (TPSA) is 38.0 Å². The van der Waals surface area contributed by atoms with Crippen molar-refractivity contribution in [3.63, 3.8) is 0 Å². The van der Waals surface area contributed by atoms with Gasteiger partial charge in [0.05, 0.1) is 0 Å². The molecule has 0 aromatic rings. The second-order valence-electron chi connectivity index (χ2n) is 6.96. The molecular weight excluding hydrogens is 220 g/mol. The molecule has 0 aromatic carbocycles. The van der Waals surface area contributed by atoms with Crippen molar-refractivity contribution in [3.8, 4) is 0 Å². The molecule has 5 atom stereocenters. The van der Waals surface area contributed by atoms with Crippen molar-refractivity contribution in [2.24, 2.45) is 35.3 Å². The summed E-state index contributed by atoms with van der Waals surface area (Å²) in [5, 5.41) is 3.85. The fourth-order valence-corrected chi connectivity index (χ4v) is 5.05. The molecule has 0 spiro atoms. The smallest absolute Gasteiger partial charge is 0.0135 e. The van der Waals surface area contributed by atoms with Gasteiger partial charge < -0.3 is 11.1 Å². The average molecular weight is 250 g/mol. The number of hydrogen-bond donors (Lipinski definition) is 2. The lowest BCUT2D eigenvalue weighted by Gasteiger charge is -2.14. The van der Waals surface area contributed by atoms with E-state index in [2.05, 4.69) is 12.2 Å². The molecular formula is C16H30N2. The Kier molecular flexibility index (Phi) is 3.95. The van der Waals surface area contributed by atoms with Crippen LogP contribution in [-0.4, -0.2) is 19.1 Å². The lowest BCUT2D eigenvalue weighted by Crippen LogP contribution is -2.24. The van der Waals surface area contributed by atoms with Crippen LogP contribution in [0, 0.1) is 29.6 Å². The fourth-order valence-electron chi connectivity index (χ4n) is 5.05. The largest absolute Gasteiger partial charge is 0.330 e. The quantitative estimate of drug-likeness (QED) is 0.650. The molecule has 3 N–H and O–H groups in total. The Morgan fingerprint density at radius 3 is 2.50 bits per heavy atom. The molecule has 104 valence electrons. The van der Waals surface area contributed by atoms with E-state index in [1.165, 1.54) is 32.2 Å². The van der Waals surface area contributed by atoms with Crippen LogP contribution in [0.25, 0.3) is 0 Å². The third kappa shape index (κ3) is 2.34. The summed E-state index contributed by atoms with van der Waals surface area (Å²) in [7, 11) is 0. The van der Waals surface area contributed by atoms with Crippen molar-refractivity contribution in [2.45, 2.75) is 57.9 Å². The number of nitrogens with two attached hydrogens (primary N) is 1. The first kappa shape index (κ1) is 12.9. The van der Waals surface area contributed by atoms with Crippen LogP contribution in [0.15, 0.2) is 0 Å². The molecule has 3 fully saturated rings. The van der Waals surface area contributed by atoms with Gasteiger partial charge in [-0.3, -0.25) is 0 Å². The molecule has 0 heterocycles. The average Bonchev–Trinajstić information content (AvgIpc) is 2.79. The zero-order valence-corrected chi connectivity index (χ0v) is 11.9. The van der Waals surface area contributed by atoms with E-state index >= 15 is 0 Å². The number of hydrogen-bond acceptors (Lipinski definition) is 2. The number of fused-ring (bicyclic) bond motifs is 5. The molecule has 3 aliphatic rings. The van der Waals surface area contributed by atoms with Gasteiger partial charge in [0.2, 0.25) is 0 Å². The molecule has 18 heavy (non-hydrogen) atoms. The molecule has 5 unspecified atom stereocenters. The van der Waals surface area contributed by atoms with Crippen LogP contribution < -0.4 is 11.1 Å². The maximum absolute atomic E-state index is 5.65. The Morgan fingerprint density at radius 2 is 1.89 bits per heavy atom. The highest BCUT2D eigenvalue weighted by atomic mass is 15.0. The summed E-state index contributed by atoms with van der Waals surface area (Å²) in [5.41, 5.74) is 5.65. The van der Waals surface area contributed by atoms with E-state index in [-0.39, 0.29) is 0 Å². The lowest BCUT2D eigenvalue weighted by atomic mass is 9.97. The summed E-state index contributed by atoms with van der Waals surface area (Å²) in [6, 6.07) is 0.922. The molecule has 0 radical (unpaired) electrons. The molecule has 0 saturated heterocycles. The molecule has 3 saturated carbocycles. The monoisotopic (exact) mass is 250 g/mol. The van der Waals surface area contributed by atoms with Crippen molar-refractivity contribution >= 4 is 0 Å². The predicted octanol–water partition coefficient (Wildman–Crippen LogP) is 2.78. The lowest BCUT2D eigenvalue weighted by molar-refractivity contribution is 0.408. The van der Waals surface area contributed by atoms with Gasteiger partial charge in [-0.15, -0.1) is 0 Å². The van der Waals surface area contributed by atoms with E-state index in [1.54, 1.807) is 19.3 Å². The molecule has 3 rings (SSSR count). The Morgan fingerprint density at radius 1 is 1.17 bits per heavy atom. The highest BCUT2D eigenvalue weighted by molar-refractivity contribution is 5.16. The van der Waals surface area contributed by atoms with E-state index in [4.69, 9.17) is 5.73 Å². The highest BCUT2D eigenvalue weighted by Crippen LogP contribution is 2.65. The van der Waals surface area contributed by atoms with Gasteiger partial charge in [-0.1, -0.05) is 13.3 Å². The minimum absolute atomic E-state index is 0.863. The second-order valence-corrected chi connectivity index (χ2v) is 6.96. The first-order valence-electron chi connectivity index (χ1n) is 8.28. The van der Waals surface area contributed by atoms with Crippen molar-refractivity contribution < 1.29 is 0 Å². The third-order valence-corrected chi connectivity index (χ3v) is 6.06. The molecule has 0 amide bonds. The van der Waals surface area contributed by atoms with Crippen molar-refractivity contribution in [1.82, 2.24) is 5.32 Å². The van der Waals surface area contributed by atoms with Crippen LogP contribution in [0.5, 0.6) is 0 Å². The standard InChI is InChI=1S/C16H30N2/c1-2-11(7-8-17)4-3-9-18-16-14-12-5-6-13(10-12)15(14)16/h11-16,18H,2-10,17H2,1H3. The zero-order chi connectivity index (χ0) is 12.5. The van der Waals surface area contributed by atoms with Crippen LogP contribution in [0.3, 0.4) is 0 Å². The number of rotatable bonds is 8. The molecule has 2 nitrogen and oxygen atoms in total. The molecule has 0 aromatic heterocycles. The van der Waals surface area contributed by atoms with Gasteiger partial charge in [0.1, 0.15) is 0 Å². The van der Waals surface area contributed by atoms with E-state index in [9.17, 15) is 0 Å². The van der Waals surface area contributed by atoms with E-state index in [0.29, 0.717) is 0 Å². The summed E-state index contributed by atoms with van der Waals surface area (Å²) >= 11 is 0. The molecule has 0 aliphatic heterocycles. The van der Waals surface area contributed by atoms with Crippen molar-refractivity contribution in [2.75, 3.05) is 13.1 Å². The van der Waals surface area contributed by atoms with Crippen molar-refractivity contribution in [1.29, 1.82) is 0 Å². The summed E-state index contributed by atoms with van der Waals surface area (Å²) in [5.74, 6) is 5.27. The van der Waals surface area contributed by atoms with Gasteiger partial charge in [-0.25, -0.2) is 0 Å². The minimum atomic E-state index is 0.863. The van der Waals surface area contributed by atoms with E-state index in [0.717, 1.165) is 42.2 Å². The summed E-state index contributed by atoms with van der Waals surface area (Å²) < 4.78 is 0. The Balaban J connectivity index is 1.30. The fraction of sp³-hybridized carbons (Fsp3) is 1.00. The molecule has 2 heteroatoms. The van der Waals surface area contributed by atoms with Crippen LogP contribution >= 0.6 is 0 Å². The minimum Gasteiger partial charge on any atom is -0.330 e. The summed E-state index contributed by atoms with van der Waals surface area (Å²) in [6.45, 7) is 4.41. The van der Waals surface area contributed by atoms with Gasteiger partial charge in [0, 0.05) is 6.04 Å². The van der Waals surface area contributed by atoms with Crippen LogP contribution in [-0.2, 0) is 0 Å². The maximum Gasteiger partial charge on any atom is 0.0135 e. The van der Waals surface area contributed by atoms with E-state index < -0.39 is 0 Å². The molecule has 2 bridgehead atoms. The van der Waals surface area contributed by atoms with E-state index in [1.807, 2.05) is 0 Å². The van der Waals surface area contributed by atoms with Crippen LogP contribution in [0.2, 0.25) is 0 Å². The predicted molar refractivity (Wildman–Crippen MR) is 76.3 cm³/mol. The van der Waals surface area contributed by atoms with Gasteiger partial charge >= 0.3 is 0 Å². The van der Waals surface area contributed by atoms with Gasteiger partial charge in [0.25, 0.3) is 0 Å². The van der Waals surface area contributed by atoms with Crippen molar-refractivity contribution in [3.05, 3.63) is 0 Å². The zero-order valence-electron chi connectivity index (χ0n) is 11.9. The van der Waals surface area contributed by atoms with Gasteiger partial charge in [0.15, 0.2) is 0 Å². The Labute approximate surface area is 112 Å². The first-order chi connectivity index (χ1) is 8.85. The normalized spacial score (nSPS) is 42.0. The molecule has 3 aliphatic carbocycles. The van der Waals surface area contributed by atoms with Crippen LogP contribution in [0.1, 0.15) is 51.9 Å². The van der Waals surface area contributed by atoms with Gasteiger partial charge in [-0.05, 0) is 81.2 Å². The van der Waals surface area contributed by atoms with Crippen LogP contribution in [0.4, 0.5) is 0 Å². The summed E-state index contributed by atoms with van der Waals surface area (Å²) in [6.07, 6.45) is 9.89. The highest BCUT2D eigenvalue weighted by Gasteiger charge is 2.64. The first-order valence-corrected chi connectivity index (χ1v) is 8.28. The Bertz CT molecular complexity index is 262. The second kappa shape index (κ2) is 5.50. The SMILES string of the molecule is CCC(CCN)CCCNC1C2C3CCC(C3)C12. The third-order valence-electron chi connectivity index (χ3n) is 6.06. The Hall–Kier alpha value is -0.0800. The summed E-state index contributed by atoms with van der Waals surface area (Å²) in [4.78, 5) is 0.